The van der Waals surface area contributed by atoms with E-state index in [-0.39, 0.29) is 12.8 Å². The molecule has 6 heteroatoms. The monoisotopic (exact) mass is 202 g/mol. The molecule has 0 unspecified atom stereocenters. The molecule has 0 amide bonds. The molecule has 0 aromatic rings. The van der Waals surface area contributed by atoms with E-state index in [0.29, 0.717) is 0 Å². The Labute approximate surface area is 71.7 Å². The van der Waals surface area contributed by atoms with Gasteiger partial charge in [0.1, 0.15) is 0 Å². The van der Waals surface area contributed by atoms with Crippen molar-refractivity contribution < 1.29 is 22.8 Å². The Bertz CT molecular complexity index is 188. The van der Waals surface area contributed by atoms with Gasteiger partial charge in [0.15, 0.2) is 0 Å². The molecule has 0 fully saturated rings. The summed E-state index contributed by atoms with van der Waals surface area (Å²) >= 11 is 4.84. The van der Waals surface area contributed by atoms with Crippen molar-refractivity contribution in [3.05, 3.63) is 0 Å². The molecule has 0 aromatic carbocycles. The van der Waals surface area contributed by atoms with Crippen LogP contribution in [0.25, 0.3) is 0 Å². The van der Waals surface area contributed by atoms with Crippen LogP contribution < -0.4 is 0 Å². The number of hydrogen-bond donors (Lipinski definition) is 0. The van der Waals surface area contributed by atoms with Gasteiger partial charge in [-0.1, -0.05) is 0 Å². The summed E-state index contributed by atoms with van der Waals surface area (Å²) in [5, 5.41) is -0.732. The third kappa shape index (κ3) is 5.12. The molecule has 70 valence electrons. The van der Waals surface area contributed by atoms with E-state index in [1.165, 1.54) is 0 Å². The van der Waals surface area contributed by atoms with Crippen LogP contribution in [0.5, 0.6) is 0 Å². The van der Waals surface area contributed by atoms with Gasteiger partial charge >= 0.3 is 6.18 Å². The maximum absolute atomic E-state index is 11.5. The lowest BCUT2D eigenvalue weighted by Crippen LogP contribution is -2.22. The number of alkyl halides is 3. The highest BCUT2D eigenvalue weighted by Crippen LogP contribution is 2.19. The lowest BCUT2D eigenvalue weighted by Gasteiger charge is -2.02. The number of Topliss-reactive ketones (excluding diaryl/α,β-unsaturated/α-hetero) is 1. The number of rotatable bonds is 4. The van der Waals surface area contributed by atoms with Crippen LogP contribution >= 0.6 is 11.6 Å². The summed E-state index contributed by atoms with van der Waals surface area (Å²) in [4.78, 5) is 20.2. The van der Waals surface area contributed by atoms with Crippen LogP contribution in [0, 0.1) is 0 Å². The van der Waals surface area contributed by atoms with Crippen molar-refractivity contribution in [3.8, 4) is 0 Å². The van der Waals surface area contributed by atoms with Gasteiger partial charge in [-0.05, 0) is 18.0 Å². The summed E-state index contributed by atoms with van der Waals surface area (Å²) in [6, 6.07) is 0. The highest BCUT2D eigenvalue weighted by Gasteiger charge is 2.37. The van der Waals surface area contributed by atoms with E-state index < -0.39 is 23.6 Å². The molecule has 0 atom stereocenters. The maximum atomic E-state index is 11.5. The summed E-state index contributed by atoms with van der Waals surface area (Å²) in [5.41, 5.74) is 0. The molecular weight excluding hydrogens is 197 g/mol. The van der Waals surface area contributed by atoms with Crippen LogP contribution in [0.1, 0.15) is 19.3 Å². The first-order valence-electron chi connectivity index (χ1n) is 3.12. The highest BCUT2D eigenvalue weighted by molar-refractivity contribution is 6.63. The van der Waals surface area contributed by atoms with E-state index >= 15 is 0 Å². The maximum Gasteiger partial charge on any atom is 0.449 e. The molecule has 0 aromatic heterocycles. The Balaban J connectivity index is 3.66. The SMILES string of the molecule is O=C(Cl)CCCC(=O)C(F)(F)F. The van der Waals surface area contributed by atoms with Gasteiger partial charge in [-0.25, -0.2) is 0 Å². The third-order valence-corrected chi connectivity index (χ3v) is 1.28. The van der Waals surface area contributed by atoms with E-state index in [9.17, 15) is 22.8 Å². The molecule has 0 radical (unpaired) electrons. The molecule has 0 aliphatic rings. The van der Waals surface area contributed by atoms with E-state index in [1.807, 2.05) is 0 Å². The third-order valence-electron chi connectivity index (χ3n) is 1.09. The van der Waals surface area contributed by atoms with Gasteiger partial charge in [0.2, 0.25) is 11.0 Å². The van der Waals surface area contributed by atoms with Crippen molar-refractivity contribution in [2.75, 3.05) is 0 Å². The zero-order chi connectivity index (χ0) is 9.78. The Morgan fingerprint density at radius 3 is 2.00 bits per heavy atom. The van der Waals surface area contributed by atoms with Gasteiger partial charge in [-0.2, -0.15) is 13.2 Å². The van der Waals surface area contributed by atoms with Crippen LogP contribution in [0.2, 0.25) is 0 Å². The molecule has 0 rings (SSSR count). The van der Waals surface area contributed by atoms with Crippen molar-refractivity contribution in [2.45, 2.75) is 25.4 Å². The summed E-state index contributed by atoms with van der Waals surface area (Å²) in [6.45, 7) is 0. The molecule has 0 aliphatic heterocycles. The standard InChI is InChI=1S/C6H6ClF3O2/c7-5(12)3-1-2-4(11)6(8,9)10/h1-3H2. The summed E-state index contributed by atoms with van der Waals surface area (Å²) < 4.78 is 34.5. The first kappa shape index (κ1) is 11.4. The second-order valence-electron chi connectivity index (χ2n) is 2.13. The second kappa shape index (κ2) is 4.45. The minimum absolute atomic E-state index is 0.152. The quantitative estimate of drug-likeness (QED) is 0.654. The summed E-state index contributed by atoms with van der Waals surface area (Å²) in [7, 11) is 0. The van der Waals surface area contributed by atoms with Crippen LogP contribution in [-0.2, 0) is 9.59 Å². The predicted octanol–water partition coefficient (Wildman–Crippen LogP) is 2.05. The first-order chi connectivity index (χ1) is 5.34. The van der Waals surface area contributed by atoms with E-state index in [1.54, 1.807) is 0 Å². The summed E-state index contributed by atoms with van der Waals surface area (Å²) in [5.74, 6) is -1.82. The van der Waals surface area contributed by atoms with E-state index in [2.05, 4.69) is 0 Å². The minimum atomic E-state index is -4.80. The van der Waals surface area contributed by atoms with E-state index in [0.717, 1.165) is 0 Å². The fourth-order valence-corrected chi connectivity index (χ4v) is 0.663. The van der Waals surface area contributed by atoms with Crippen molar-refractivity contribution in [1.29, 1.82) is 0 Å². The van der Waals surface area contributed by atoms with Crippen molar-refractivity contribution in [3.63, 3.8) is 0 Å². The minimum Gasteiger partial charge on any atom is -0.290 e. The summed E-state index contributed by atoms with van der Waals surface area (Å²) in [6.07, 6.45) is -5.83. The highest BCUT2D eigenvalue weighted by atomic mass is 35.5. The van der Waals surface area contributed by atoms with Crippen LogP contribution in [0.4, 0.5) is 13.2 Å². The molecule has 0 saturated carbocycles. The van der Waals surface area contributed by atoms with Crippen molar-refractivity contribution in [1.82, 2.24) is 0 Å². The van der Waals surface area contributed by atoms with Gasteiger partial charge in [0, 0.05) is 12.8 Å². The molecule has 0 bridgehead atoms. The van der Waals surface area contributed by atoms with Crippen LogP contribution in [0.3, 0.4) is 0 Å². The van der Waals surface area contributed by atoms with Gasteiger partial charge in [0.05, 0.1) is 0 Å². The number of carbonyl (C=O) groups excluding carboxylic acids is 2. The lowest BCUT2D eigenvalue weighted by atomic mass is 10.2. The van der Waals surface area contributed by atoms with Crippen LogP contribution in [-0.4, -0.2) is 17.2 Å². The number of hydrogen-bond acceptors (Lipinski definition) is 2. The second-order valence-corrected chi connectivity index (χ2v) is 2.55. The Morgan fingerprint density at radius 2 is 1.67 bits per heavy atom. The first-order valence-corrected chi connectivity index (χ1v) is 3.50. The molecule has 0 saturated heterocycles. The smallest absolute Gasteiger partial charge is 0.290 e. The van der Waals surface area contributed by atoms with Crippen molar-refractivity contribution in [2.24, 2.45) is 0 Å². The Morgan fingerprint density at radius 1 is 1.17 bits per heavy atom. The van der Waals surface area contributed by atoms with Gasteiger partial charge in [-0.15, -0.1) is 0 Å². The topological polar surface area (TPSA) is 34.1 Å². The number of halogens is 4. The number of carbonyl (C=O) groups is 2. The average Bonchev–Trinajstić information content (AvgIpc) is 1.84. The van der Waals surface area contributed by atoms with Gasteiger partial charge in [-0.3, -0.25) is 9.59 Å². The predicted molar refractivity (Wildman–Crippen MR) is 35.8 cm³/mol. The fraction of sp³-hybridized carbons (Fsp3) is 0.667. The Hall–Kier alpha value is -0.580. The van der Waals surface area contributed by atoms with Gasteiger partial charge in [0.25, 0.3) is 0 Å². The molecule has 0 N–H and O–H groups in total. The Kier molecular flexibility index (Phi) is 4.23. The average molecular weight is 203 g/mol. The normalized spacial score (nSPS) is 11.3. The zero-order valence-corrected chi connectivity index (χ0v) is 6.71. The fourth-order valence-electron chi connectivity index (χ4n) is 0.530. The number of ketones is 1. The lowest BCUT2D eigenvalue weighted by molar-refractivity contribution is -0.171. The van der Waals surface area contributed by atoms with E-state index in [4.69, 9.17) is 11.6 Å². The molecule has 0 aliphatic carbocycles. The van der Waals surface area contributed by atoms with Gasteiger partial charge < -0.3 is 0 Å². The molecule has 0 spiro atoms. The van der Waals surface area contributed by atoms with Crippen LogP contribution in [0.15, 0.2) is 0 Å². The molecule has 12 heavy (non-hydrogen) atoms. The molecule has 2 nitrogen and oxygen atoms in total. The largest absolute Gasteiger partial charge is 0.449 e. The molecule has 0 heterocycles. The van der Waals surface area contributed by atoms with Crippen molar-refractivity contribution >= 4 is 22.6 Å². The molecular formula is C6H6ClF3O2. The zero-order valence-electron chi connectivity index (χ0n) is 5.95.